The highest BCUT2D eigenvalue weighted by Gasteiger charge is 2.27. The minimum absolute atomic E-state index is 0.293. The van der Waals surface area contributed by atoms with Crippen LogP contribution in [-0.2, 0) is 9.53 Å². The number of carbonyl (C=O) groups is 2. The number of esters is 1. The van der Waals surface area contributed by atoms with Gasteiger partial charge in [-0.2, -0.15) is 0 Å². The molecule has 0 bridgehead atoms. The number of amides is 1. The summed E-state index contributed by atoms with van der Waals surface area (Å²) in [5, 5.41) is 0. The highest BCUT2D eigenvalue weighted by Crippen LogP contribution is 2.26. The Morgan fingerprint density at radius 1 is 1.08 bits per heavy atom. The molecule has 2 rings (SSSR count). The van der Waals surface area contributed by atoms with Gasteiger partial charge < -0.3 is 14.4 Å². The molecule has 0 radical (unpaired) electrons. The summed E-state index contributed by atoms with van der Waals surface area (Å²) in [5.74, 6) is -0.390. The van der Waals surface area contributed by atoms with E-state index in [4.69, 9.17) is 9.47 Å². The van der Waals surface area contributed by atoms with Crippen molar-refractivity contribution < 1.29 is 19.1 Å². The van der Waals surface area contributed by atoms with Gasteiger partial charge in [0.2, 0.25) is 6.10 Å². The van der Waals surface area contributed by atoms with Crippen LogP contribution in [0.4, 0.5) is 0 Å². The van der Waals surface area contributed by atoms with E-state index in [9.17, 15) is 9.59 Å². The molecule has 1 atom stereocenters. The fourth-order valence-corrected chi connectivity index (χ4v) is 2.49. The van der Waals surface area contributed by atoms with Gasteiger partial charge in [-0.05, 0) is 34.1 Å². The first-order valence-electron chi connectivity index (χ1n) is 7.24. The Labute approximate surface area is 149 Å². The van der Waals surface area contributed by atoms with Gasteiger partial charge in [0.25, 0.3) is 5.91 Å². The van der Waals surface area contributed by atoms with Gasteiger partial charge in [0, 0.05) is 24.1 Å². The van der Waals surface area contributed by atoms with Crippen molar-refractivity contribution in [3.05, 3.63) is 64.1 Å². The number of nitrogens with zero attached hydrogens (tertiary/aromatic N) is 1. The topological polar surface area (TPSA) is 55.8 Å². The number of benzene rings is 2. The van der Waals surface area contributed by atoms with Gasteiger partial charge in [-0.1, -0.05) is 30.3 Å². The number of hydrogen-bond donors (Lipinski definition) is 0. The molecule has 6 heteroatoms. The van der Waals surface area contributed by atoms with Crippen molar-refractivity contribution in [1.82, 2.24) is 4.90 Å². The fraction of sp³-hybridized carbons (Fsp3) is 0.222. The van der Waals surface area contributed by atoms with Gasteiger partial charge in [0.15, 0.2) is 0 Å². The van der Waals surface area contributed by atoms with Gasteiger partial charge >= 0.3 is 5.97 Å². The molecule has 0 aromatic heterocycles. The van der Waals surface area contributed by atoms with Crippen LogP contribution in [-0.4, -0.2) is 38.0 Å². The summed E-state index contributed by atoms with van der Waals surface area (Å²) in [6, 6.07) is 13.9. The molecule has 24 heavy (non-hydrogen) atoms. The highest BCUT2D eigenvalue weighted by atomic mass is 79.9. The Bertz CT molecular complexity index is 731. The zero-order valence-corrected chi connectivity index (χ0v) is 15.2. The summed E-state index contributed by atoms with van der Waals surface area (Å²) < 4.78 is 11.2. The Kier molecular flexibility index (Phi) is 5.98. The molecule has 0 unspecified atom stereocenters. The molecule has 126 valence electrons. The standard InChI is InChI=1S/C18H18BrNO4/c1-20(2)17(21)16(12-7-5-4-6-8-12)24-18(22)14-11-13(23-3)9-10-15(14)19/h4-11,16H,1-3H3/t16-/m0/s1. The third-order valence-electron chi connectivity index (χ3n) is 3.39. The lowest BCUT2D eigenvalue weighted by Crippen LogP contribution is -2.31. The maximum atomic E-state index is 12.6. The van der Waals surface area contributed by atoms with Crippen LogP contribution in [0.15, 0.2) is 53.0 Å². The molecule has 5 nitrogen and oxygen atoms in total. The van der Waals surface area contributed by atoms with Gasteiger partial charge in [0.05, 0.1) is 12.7 Å². The molecule has 0 spiro atoms. The van der Waals surface area contributed by atoms with E-state index >= 15 is 0 Å². The van der Waals surface area contributed by atoms with Crippen molar-refractivity contribution in [3.63, 3.8) is 0 Å². The van der Waals surface area contributed by atoms with E-state index < -0.39 is 12.1 Å². The number of likely N-dealkylation sites (N-methyl/N-ethyl adjacent to an activating group) is 1. The second-order valence-corrected chi connectivity index (χ2v) is 6.13. The summed E-state index contributed by atoms with van der Waals surface area (Å²) >= 11 is 3.32. The molecule has 0 saturated carbocycles. The van der Waals surface area contributed by atoms with Crippen LogP contribution in [0, 0.1) is 0 Å². The number of carbonyl (C=O) groups excluding carboxylic acids is 2. The number of rotatable bonds is 5. The number of methoxy groups -OCH3 is 1. The molecular formula is C18H18BrNO4. The summed E-state index contributed by atoms with van der Waals surface area (Å²) in [7, 11) is 4.75. The minimum atomic E-state index is -1.01. The van der Waals surface area contributed by atoms with Crippen LogP contribution in [0.2, 0.25) is 0 Å². The van der Waals surface area contributed by atoms with Crippen LogP contribution >= 0.6 is 15.9 Å². The molecule has 1 amide bonds. The summed E-state index contributed by atoms with van der Waals surface area (Å²) in [4.78, 5) is 26.4. The van der Waals surface area contributed by atoms with Crippen molar-refractivity contribution in [2.45, 2.75) is 6.10 Å². The van der Waals surface area contributed by atoms with Crippen molar-refractivity contribution >= 4 is 27.8 Å². The summed E-state index contributed by atoms with van der Waals surface area (Å²) in [5.41, 5.74) is 0.908. The van der Waals surface area contributed by atoms with Crippen LogP contribution in [0.25, 0.3) is 0 Å². The van der Waals surface area contributed by atoms with Gasteiger partial charge in [0.1, 0.15) is 5.75 Å². The van der Waals surface area contributed by atoms with Gasteiger partial charge in [-0.25, -0.2) is 4.79 Å². The molecule has 0 aliphatic heterocycles. The van der Waals surface area contributed by atoms with E-state index in [1.807, 2.05) is 6.07 Å². The molecule has 2 aromatic rings. The minimum Gasteiger partial charge on any atom is -0.497 e. The largest absolute Gasteiger partial charge is 0.497 e. The first kappa shape index (κ1) is 18.0. The Morgan fingerprint density at radius 3 is 2.33 bits per heavy atom. The molecule has 0 saturated heterocycles. The smallest absolute Gasteiger partial charge is 0.340 e. The van der Waals surface area contributed by atoms with Gasteiger partial charge in [-0.15, -0.1) is 0 Å². The molecule has 0 aliphatic carbocycles. The Hall–Kier alpha value is -2.34. The second kappa shape index (κ2) is 7.97. The van der Waals surface area contributed by atoms with Crippen LogP contribution in [0.1, 0.15) is 22.0 Å². The van der Waals surface area contributed by atoms with E-state index in [2.05, 4.69) is 15.9 Å². The van der Waals surface area contributed by atoms with Crippen molar-refractivity contribution in [1.29, 1.82) is 0 Å². The lowest BCUT2D eigenvalue weighted by molar-refractivity contribution is -0.138. The SMILES string of the molecule is COc1ccc(Br)c(C(=O)O[C@H](C(=O)N(C)C)c2ccccc2)c1. The predicted molar refractivity (Wildman–Crippen MR) is 94.0 cm³/mol. The number of ether oxygens (including phenoxy) is 2. The highest BCUT2D eigenvalue weighted by molar-refractivity contribution is 9.10. The zero-order chi connectivity index (χ0) is 17.7. The van der Waals surface area contributed by atoms with E-state index in [1.165, 1.54) is 12.0 Å². The van der Waals surface area contributed by atoms with Crippen molar-refractivity contribution in [2.24, 2.45) is 0 Å². The number of hydrogen-bond acceptors (Lipinski definition) is 4. The predicted octanol–water partition coefficient (Wildman–Crippen LogP) is 3.44. The Morgan fingerprint density at radius 2 is 1.75 bits per heavy atom. The first-order valence-corrected chi connectivity index (χ1v) is 8.04. The lowest BCUT2D eigenvalue weighted by Gasteiger charge is -2.21. The van der Waals surface area contributed by atoms with Crippen LogP contribution < -0.4 is 4.74 Å². The molecule has 0 N–H and O–H groups in total. The van der Waals surface area contributed by atoms with E-state index in [-0.39, 0.29) is 5.91 Å². The molecule has 0 aliphatic rings. The molecule has 0 fully saturated rings. The quantitative estimate of drug-likeness (QED) is 0.732. The average Bonchev–Trinajstić information content (AvgIpc) is 2.60. The second-order valence-electron chi connectivity index (χ2n) is 5.27. The maximum absolute atomic E-state index is 12.6. The summed E-state index contributed by atoms with van der Waals surface area (Å²) in [6.07, 6.45) is -1.01. The third kappa shape index (κ3) is 4.14. The Balaban J connectivity index is 2.33. The molecular weight excluding hydrogens is 374 g/mol. The van der Waals surface area contributed by atoms with Crippen LogP contribution in [0.5, 0.6) is 5.75 Å². The van der Waals surface area contributed by atoms with Gasteiger partial charge in [-0.3, -0.25) is 4.79 Å². The van der Waals surface area contributed by atoms with Crippen molar-refractivity contribution in [2.75, 3.05) is 21.2 Å². The third-order valence-corrected chi connectivity index (χ3v) is 4.08. The maximum Gasteiger partial charge on any atom is 0.340 e. The number of halogens is 1. The molecule has 0 heterocycles. The van der Waals surface area contributed by atoms with Crippen molar-refractivity contribution in [3.8, 4) is 5.75 Å². The van der Waals surface area contributed by atoms with E-state index in [0.29, 0.717) is 21.3 Å². The monoisotopic (exact) mass is 391 g/mol. The fourth-order valence-electron chi connectivity index (χ4n) is 2.08. The van der Waals surface area contributed by atoms with E-state index in [1.54, 1.807) is 56.6 Å². The zero-order valence-electron chi connectivity index (χ0n) is 13.7. The normalized spacial score (nSPS) is 11.5. The average molecular weight is 392 g/mol. The van der Waals surface area contributed by atoms with E-state index in [0.717, 1.165) is 0 Å². The first-order chi connectivity index (χ1) is 11.4. The molecule has 2 aromatic carbocycles. The van der Waals surface area contributed by atoms with Crippen LogP contribution in [0.3, 0.4) is 0 Å². The lowest BCUT2D eigenvalue weighted by atomic mass is 10.1. The summed E-state index contributed by atoms with van der Waals surface area (Å²) in [6.45, 7) is 0.